The van der Waals surface area contributed by atoms with Crippen molar-refractivity contribution in [2.45, 2.75) is 39.7 Å². The molecule has 1 atom stereocenters. The van der Waals surface area contributed by atoms with Crippen molar-refractivity contribution in [3.05, 3.63) is 17.0 Å². The number of rotatable bonds is 3. The summed E-state index contributed by atoms with van der Waals surface area (Å²) in [6.45, 7) is 6.77. The molecule has 1 spiro atoms. The van der Waals surface area contributed by atoms with Crippen LogP contribution in [0.1, 0.15) is 36.2 Å². The Bertz CT molecular complexity index is 528. The Morgan fingerprint density at radius 2 is 2.15 bits per heavy atom. The Labute approximate surface area is 120 Å². The average Bonchev–Trinajstić information content (AvgIpc) is 3.05. The maximum absolute atomic E-state index is 12.3. The summed E-state index contributed by atoms with van der Waals surface area (Å²) in [7, 11) is 1.94. The Balaban J connectivity index is 1.58. The molecule has 2 heterocycles. The third-order valence-electron chi connectivity index (χ3n) is 5.20. The molecule has 1 aromatic heterocycles. The molecule has 110 valence electrons. The summed E-state index contributed by atoms with van der Waals surface area (Å²) in [4.78, 5) is 12.3. The van der Waals surface area contributed by atoms with Gasteiger partial charge in [0.05, 0.1) is 5.69 Å². The van der Waals surface area contributed by atoms with E-state index in [1.54, 1.807) is 0 Å². The van der Waals surface area contributed by atoms with Crippen molar-refractivity contribution in [2.24, 2.45) is 18.4 Å². The third-order valence-corrected chi connectivity index (χ3v) is 5.20. The van der Waals surface area contributed by atoms with Crippen LogP contribution >= 0.6 is 0 Å². The summed E-state index contributed by atoms with van der Waals surface area (Å²) in [6.07, 6.45) is 3.37. The van der Waals surface area contributed by atoms with Gasteiger partial charge in [0.2, 0.25) is 5.91 Å². The highest BCUT2D eigenvalue weighted by Crippen LogP contribution is 2.58. The number of aryl methyl sites for hydroxylation is 2. The quantitative estimate of drug-likeness (QED) is 0.867. The Hall–Kier alpha value is -1.36. The number of carbonyl (C=O) groups excluding carboxylic acids is 1. The fraction of sp³-hybridized carbons (Fsp3) is 0.733. The molecule has 1 unspecified atom stereocenters. The van der Waals surface area contributed by atoms with E-state index in [0.717, 1.165) is 49.3 Å². The van der Waals surface area contributed by atoms with Gasteiger partial charge in [-0.3, -0.25) is 9.48 Å². The summed E-state index contributed by atoms with van der Waals surface area (Å²) in [6, 6.07) is 0. The van der Waals surface area contributed by atoms with Crippen LogP contribution in [0.4, 0.5) is 0 Å². The first-order valence-electron chi connectivity index (χ1n) is 7.51. The van der Waals surface area contributed by atoms with E-state index in [2.05, 4.69) is 15.7 Å². The number of hydrogen-bond donors (Lipinski definition) is 2. The van der Waals surface area contributed by atoms with E-state index in [0.29, 0.717) is 12.0 Å². The van der Waals surface area contributed by atoms with E-state index in [1.165, 1.54) is 0 Å². The largest absolute Gasteiger partial charge is 0.352 e. The SMILES string of the molecule is Cc1nn(C)c(C)c1CNC(=O)C1CC12CCNCC2. The van der Waals surface area contributed by atoms with E-state index >= 15 is 0 Å². The molecule has 2 N–H and O–H groups in total. The van der Waals surface area contributed by atoms with Crippen molar-refractivity contribution in [2.75, 3.05) is 13.1 Å². The molecule has 0 aromatic carbocycles. The highest BCUT2D eigenvalue weighted by atomic mass is 16.2. The monoisotopic (exact) mass is 276 g/mol. The molecule has 3 rings (SSSR count). The first-order chi connectivity index (χ1) is 9.53. The third kappa shape index (κ3) is 2.24. The van der Waals surface area contributed by atoms with E-state index in [9.17, 15) is 4.79 Å². The van der Waals surface area contributed by atoms with Crippen LogP contribution in [0.2, 0.25) is 0 Å². The van der Waals surface area contributed by atoms with Gasteiger partial charge in [0.15, 0.2) is 0 Å². The molecule has 0 bridgehead atoms. The number of carbonyl (C=O) groups is 1. The molecule has 1 aliphatic heterocycles. The van der Waals surface area contributed by atoms with Crippen molar-refractivity contribution in [1.82, 2.24) is 20.4 Å². The zero-order chi connectivity index (χ0) is 14.3. The van der Waals surface area contributed by atoms with Crippen LogP contribution in [0.15, 0.2) is 0 Å². The van der Waals surface area contributed by atoms with Gasteiger partial charge in [0.25, 0.3) is 0 Å². The van der Waals surface area contributed by atoms with Gasteiger partial charge in [0.1, 0.15) is 0 Å². The van der Waals surface area contributed by atoms with Gasteiger partial charge < -0.3 is 10.6 Å². The smallest absolute Gasteiger partial charge is 0.223 e. The van der Waals surface area contributed by atoms with Crippen LogP contribution in [0.25, 0.3) is 0 Å². The first kappa shape index (κ1) is 13.6. The van der Waals surface area contributed by atoms with Gasteiger partial charge in [-0.2, -0.15) is 5.10 Å². The molecular formula is C15H24N4O. The van der Waals surface area contributed by atoms with Crippen molar-refractivity contribution in [3.63, 3.8) is 0 Å². The van der Waals surface area contributed by atoms with Crippen LogP contribution < -0.4 is 10.6 Å². The molecule has 1 amide bonds. The molecule has 5 heteroatoms. The lowest BCUT2D eigenvalue weighted by Gasteiger charge is -2.23. The number of nitrogens with one attached hydrogen (secondary N) is 2. The Kier molecular flexibility index (Phi) is 3.32. The van der Waals surface area contributed by atoms with Gasteiger partial charge >= 0.3 is 0 Å². The topological polar surface area (TPSA) is 59.0 Å². The van der Waals surface area contributed by atoms with Gasteiger partial charge in [-0.05, 0) is 51.6 Å². The number of amides is 1. The number of aromatic nitrogens is 2. The molecule has 5 nitrogen and oxygen atoms in total. The molecule has 1 saturated heterocycles. The van der Waals surface area contributed by atoms with Crippen LogP contribution in [0.3, 0.4) is 0 Å². The van der Waals surface area contributed by atoms with E-state index in [-0.39, 0.29) is 11.8 Å². The molecule has 1 aromatic rings. The second-order valence-corrected chi connectivity index (χ2v) is 6.36. The Morgan fingerprint density at radius 1 is 1.45 bits per heavy atom. The molecule has 2 aliphatic rings. The second kappa shape index (κ2) is 4.88. The molecule has 0 radical (unpaired) electrons. The second-order valence-electron chi connectivity index (χ2n) is 6.36. The van der Waals surface area contributed by atoms with Gasteiger partial charge in [0, 0.05) is 30.8 Å². The summed E-state index contributed by atoms with van der Waals surface area (Å²) in [5.74, 6) is 0.469. The molecule has 20 heavy (non-hydrogen) atoms. The normalized spacial score (nSPS) is 23.9. The highest BCUT2D eigenvalue weighted by molar-refractivity contribution is 5.82. The fourth-order valence-corrected chi connectivity index (χ4v) is 3.57. The van der Waals surface area contributed by atoms with Crippen LogP contribution in [-0.4, -0.2) is 28.8 Å². The summed E-state index contributed by atoms with van der Waals surface area (Å²) in [5, 5.41) is 10.9. The van der Waals surface area contributed by atoms with Gasteiger partial charge in [-0.1, -0.05) is 0 Å². The first-order valence-corrected chi connectivity index (χ1v) is 7.51. The zero-order valence-corrected chi connectivity index (χ0v) is 12.6. The maximum atomic E-state index is 12.3. The predicted molar refractivity (Wildman–Crippen MR) is 77.2 cm³/mol. The number of hydrogen-bond acceptors (Lipinski definition) is 3. The lowest BCUT2D eigenvalue weighted by Crippen LogP contribution is -2.33. The summed E-state index contributed by atoms with van der Waals surface area (Å²) in [5.41, 5.74) is 3.61. The fourth-order valence-electron chi connectivity index (χ4n) is 3.57. The van der Waals surface area contributed by atoms with Crippen LogP contribution in [0.5, 0.6) is 0 Å². The van der Waals surface area contributed by atoms with Gasteiger partial charge in [-0.15, -0.1) is 0 Å². The van der Waals surface area contributed by atoms with Crippen molar-refractivity contribution in [3.8, 4) is 0 Å². The van der Waals surface area contributed by atoms with Crippen molar-refractivity contribution >= 4 is 5.91 Å². The van der Waals surface area contributed by atoms with Crippen molar-refractivity contribution in [1.29, 1.82) is 0 Å². The van der Waals surface area contributed by atoms with E-state index in [4.69, 9.17) is 0 Å². The zero-order valence-electron chi connectivity index (χ0n) is 12.6. The molecule has 2 fully saturated rings. The minimum absolute atomic E-state index is 0.231. The predicted octanol–water partition coefficient (Wildman–Crippen LogP) is 1.04. The van der Waals surface area contributed by atoms with E-state index in [1.807, 2.05) is 25.6 Å². The standard InChI is InChI=1S/C15H24N4O/c1-10-12(11(2)19(3)18-10)9-17-14(20)13-8-15(13)4-6-16-7-5-15/h13,16H,4-9H2,1-3H3,(H,17,20). The van der Waals surface area contributed by atoms with Gasteiger partial charge in [-0.25, -0.2) is 0 Å². The maximum Gasteiger partial charge on any atom is 0.223 e. The highest BCUT2D eigenvalue weighted by Gasteiger charge is 2.57. The lowest BCUT2D eigenvalue weighted by molar-refractivity contribution is -0.123. The lowest BCUT2D eigenvalue weighted by atomic mass is 9.92. The minimum atomic E-state index is 0.231. The molecule has 1 saturated carbocycles. The number of nitrogens with zero attached hydrogens (tertiary/aromatic N) is 2. The van der Waals surface area contributed by atoms with Crippen LogP contribution in [0, 0.1) is 25.2 Å². The molecular weight excluding hydrogens is 252 g/mol. The van der Waals surface area contributed by atoms with E-state index < -0.39 is 0 Å². The minimum Gasteiger partial charge on any atom is -0.352 e. The summed E-state index contributed by atoms with van der Waals surface area (Å²) < 4.78 is 1.88. The number of piperidine rings is 1. The van der Waals surface area contributed by atoms with Crippen molar-refractivity contribution < 1.29 is 4.79 Å². The average molecular weight is 276 g/mol. The molecule has 1 aliphatic carbocycles. The van der Waals surface area contributed by atoms with Crippen LogP contribution in [-0.2, 0) is 18.4 Å². The summed E-state index contributed by atoms with van der Waals surface area (Å²) >= 11 is 0. The Morgan fingerprint density at radius 3 is 2.75 bits per heavy atom.